The average Bonchev–Trinajstić information content (AvgIpc) is 1.48. The quantitative estimate of drug-likeness (QED) is 0.520. The summed E-state index contributed by atoms with van der Waals surface area (Å²) in [6, 6.07) is 0. The summed E-state index contributed by atoms with van der Waals surface area (Å²) in [4.78, 5) is 0. The molecular weight excluding hydrogens is 390 g/mol. The van der Waals surface area contributed by atoms with E-state index in [-0.39, 0.29) is 72.8 Å². The summed E-state index contributed by atoms with van der Waals surface area (Å²) in [6.45, 7) is 15.2. The van der Waals surface area contributed by atoms with Crippen molar-refractivity contribution in [2.45, 2.75) is 45.8 Å². The van der Waals surface area contributed by atoms with E-state index in [9.17, 15) is 0 Å². The van der Waals surface area contributed by atoms with Gasteiger partial charge in [-0.05, 0) is 45.8 Å². The maximum absolute atomic E-state index is 6.02. The summed E-state index contributed by atoms with van der Waals surface area (Å²) in [7, 11) is -3.81. The van der Waals surface area contributed by atoms with Crippen LogP contribution in [0.5, 0.6) is 0 Å². The predicted molar refractivity (Wildman–Crippen MR) is 66.9 cm³/mol. The van der Waals surface area contributed by atoms with E-state index in [1.165, 1.54) is 0 Å². The van der Waals surface area contributed by atoms with Gasteiger partial charge in [-0.2, -0.15) is 0 Å². The van der Waals surface area contributed by atoms with Gasteiger partial charge >= 0.3 is 8.56 Å². The van der Waals surface area contributed by atoms with Crippen LogP contribution in [0.3, 0.4) is 0 Å². The fourth-order valence-electron chi connectivity index (χ4n) is 1.25. The first kappa shape index (κ1) is 26.4. The Hall–Kier alpha value is 2.78. The maximum Gasteiger partial charge on any atom is 0.311 e. The third kappa shape index (κ3) is 19.3. The van der Waals surface area contributed by atoms with Crippen molar-refractivity contribution in [1.29, 1.82) is 0 Å². The van der Waals surface area contributed by atoms with E-state index in [0.29, 0.717) is 0 Å². The van der Waals surface area contributed by atoms with E-state index < -0.39 is 25.9 Å². The summed E-state index contributed by atoms with van der Waals surface area (Å²) in [5, 5.41) is 0. The van der Waals surface area contributed by atoms with Crippen molar-refractivity contribution in [1.82, 2.24) is 0 Å². The third-order valence-electron chi connectivity index (χ3n) is 1.00. The number of hydrogen-bond acceptors (Lipinski definition) is 2. The van der Waals surface area contributed by atoms with Gasteiger partial charge in [-0.15, -0.1) is 0 Å². The molecule has 0 aliphatic rings. The second kappa shape index (κ2) is 10.7. The predicted octanol–water partition coefficient (Wildman–Crippen LogP) is 3.25. The Morgan fingerprint density at radius 3 is 1.40 bits per heavy atom. The molecule has 0 rings (SSSR count). The Labute approximate surface area is 151 Å². The van der Waals surface area contributed by atoms with E-state index in [1.807, 2.05) is 0 Å². The minimum atomic E-state index is -1.79. The van der Waals surface area contributed by atoms with Crippen LogP contribution in [0.1, 0.15) is 0 Å². The molecule has 0 amide bonds. The molecule has 0 fully saturated rings. The molecule has 0 atom stereocenters. The van der Waals surface area contributed by atoms with Crippen molar-refractivity contribution in [2.24, 2.45) is 0 Å². The molecule has 15 heavy (non-hydrogen) atoms. The van der Waals surface area contributed by atoms with Crippen LogP contribution in [0.25, 0.3) is 0 Å². The van der Waals surface area contributed by atoms with E-state index in [0.717, 1.165) is 0 Å². The first-order chi connectivity index (χ1) is 5.12. The van der Waals surface area contributed by atoms with Gasteiger partial charge in [-0.25, -0.2) is 0 Å². The van der Waals surface area contributed by atoms with Gasteiger partial charge in [0.15, 0.2) is 17.4 Å². The molecule has 0 heterocycles. The topological polar surface area (TPSA) is 18.5 Å². The monoisotopic (exact) mass is 414 g/mol. The molecular formula is C8H24O2Si3Y2-. The summed E-state index contributed by atoms with van der Waals surface area (Å²) in [5.74, 6) is 0. The van der Waals surface area contributed by atoms with Gasteiger partial charge < -0.3 is 15.7 Å². The van der Waals surface area contributed by atoms with Gasteiger partial charge in [-0.1, -0.05) is 0 Å². The van der Waals surface area contributed by atoms with Crippen LogP contribution in [0.2, 0.25) is 45.8 Å². The van der Waals surface area contributed by atoms with Crippen LogP contribution >= 0.6 is 0 Å². The standard InChI is InChI=1S/C7H21O2Si3.CH3.2Y/c1-10(2)8-12(6,7)9-11(3,4)5;;;/h1-7H3;1H3;;/q;-1;;. The summed E-state index contributed by atoms with van der Waals surface area (Å²) < 4.78 is 11.9. The van der Waals surface area contributed by atoms with Crippen LogP contribution in [-0.4, -0.2) is 25.9 Å². The largest absolute Gasteiger partial charge is 0.437 e. The zero-order chi connectivity index (χ0) is 9.99. The number of hydrogen-bond donors (Lipinski definition) is 0. The molecule has 0 aromatic carbocycles. The summed E-state index contributed by atoms with van der Waals surface area (Å²) in [6.07, 6.45) is 0. The first-order valence-electron chi connectivity index (χ1n) is 4.32. The van der Waals surface area contributed by atoms with Crippen molar-refractivity contribution < 1.29 is 73.6 Å². The van der Waals surface area contributed by atoms with Crippen LogP contribution in [0, 0.1) is 7.43 Å². The van der Waals surface area contributed by atoms with Crippen molar-refractivity contribution in [3.63, 3.8) is 0 Å². The Bertz CT molecular complexity index is 149. The van der Waals surface area contributed by atoms with Crippen molar-refractivity contribution in [3.8, 4) is 0 Å². The van der Waals surface area contributed by atoms with E-state index >= 15 is 0 Å². The average molecular weight is 414 g/mol. The molecule has 2 nitrogen and oxygen atoms in total. The molecule has 0 aliphatic heterocycles. The summed E-state index contributed by atoms with van der Waals surface area (Å²) >= 11 is 0. The second-order valence-corrected chi connectivity index (χ2v) is 15.1. The molecule has 0 saturated heterocycles. The van der Waals surface area contributed by atoms with Crippen molar-refractivity contribution in [2.75, 3.05) is 0 Å². The Kier molecular flexibility index (Phi) is 18.8. The van der Waals surface area contributed by atoms with Crippen LogP contribution < -0.4 is 0 Å². The smallest absolute Gasteiger partial charge is 0.311 e. The minimum Gasteiger partial charge on any atom is -0.437 e. The van der Waals surface area contributed by atoms with E-state index in [1.54, 1.807) is 0 Å². The molecule has 0 unspecified atom stereocenters. The van der Waals surface area contributed by atoms with Gasteiger partial charge in [0.1, 0.15) is 0 Å². The van der Waals surface area contributed by atoms with Crippen LogP contribution in [-0.2, 0) is 73.6 Å². The molecule has 87 valence electrons. The zero-order valence-corrected chi connectivity index (χ0v) is 20.1. The Morgan fingerprint density at radius 2 is 1.20 bits per heavy atom. The Morgan fingerprint density at radius 1 is 0.867 bits per heavy atom. The van der Waals surface area contributed by atoms with E-state index in [4.69, 9.17) is 8.23 Å². The molecule has 0 aliphatic carbocycles. The molecule has 0 aromatic heterocycles. The van der Waals surface area contributed by atoms with Crippen LogP contribution in [0.15, 0.2) is 0 Å². The van der Waals surface area contributed by atoms with Crippen molar-refractivity contribution >= 4 is 25.9 Å². The van der Waals surface area contributed by atoms with Gasteiger partial charge in [0.2, 0.25) is 0 Å². The van der Waals surface area contributed by atoms with E-state index in [2.05, 4.69) is 45.8 Å². The molecule has 0 bridgehead atoms. The fraction of sp³-hybridized carbons (Fsp3) is 0.875. The minimum absolute atomic E-state index is 0. The van der Waals surface area contributed by atoms with Gasteiger partial charge in [0.25, 0.3) is 0 Å². The SMILES string of the molecule is C[Si](C)O[Si](C)(C)O[Si](C)(C)C.[CH3-].[Y].[Y]. The number of rotatable bonds is 4. The molecule has 0 N–H and O–H groups in total. The molecule has 0 aromatic rings. The molecule has 0 spiro atoms. The second-order valence-electron chi connectivity index (χ2n) is 4.62. The normalized spacial score (nSPS) is 11.2. The Balaban J connectivity index is -0.000000202. The zero-order valence-electron chi connectivity index (χ0n) is 11.5. The third-order valence-corrected chi connectivity index (χ3v) is 9.02. The van der Waals surface area contributed by atoms with Gasteiger partial charge in [0.05, 0.1) is 0 Å². The van der Waals surface area contributed by atoms with Gasteiger partial charge in [0, 0.05) is 65.4 Å². The van der Waals surface area contributed by atoms with Crippen molar-refractivity contribution in [3.05, 3.63) is 7.43 Å². The maximum atomic E-state index is 6.02. The van der Waals surface area contributed by atoms with Crippen LogP contribution in [0.4, 0.5) is 0 Å². The molecule has 0 saturated carbocycles. The molecule has 3 radical (unpaired) electrons. The first-order valence-corrected chi connectivity index (χ1v) is 12.9. The fourth-order valence-corrected chi connectivity index (χ4v) is 11.6. The van der Waals surface area contributed by atoms with Gasteiger partial charge in [-0.3, -0.25) is 0 Å². The molecule has 7 heteroatoms. The summed E-state index contributed by atoms with van der Waals surface area (Å²) in [5.41, 5.74) is 0.